The van der Waals surface area contributed by atoms with Gasteiger partial charge in [0.05, 0.1) is 0 Å². The molecule has 1 N–H and O–H groups in total. The van der Waals surface area contributed by atoms with E-state index in [-0.39, 0.29) is 19.0 Å². The van der Waals surface area contributed by atoms with Crippen molar-refractivity contribution < 1.29 is 18.0 Å². The molecule has 1 fully saturated rings. The van der Waals surface area contributed by atoms with Crippen LogP contribution in [0.5, 0.6) is 0 Å². The van der Waals surface area contributed by atoms with E-state index < -0.39 is 12.1 Å². The summed E-state index contributed by atoms with van der Waals surface area (Å²) in [5.74, 6) is -1.53. The number of carbonyl (C=O) groups is 1. The predicted octanol–water partition coefficient (Wildman–Crippen LogP) is 3.44. The summed E-state index contributed by atoms with van der Waals surface area (Å²) in [4.78, 5) is 15.3. The number of fused-ring (bicyclic) bond motifs is 1. The monoisotopic (exact) mass is 296 g/mol. The fourth-order valence-corrected chi connectivity index (χ4v) is 3.00. The predicted molar refractivity (Wildman–Crippen MR) is 72.9 cm³/mol. The molecule has 1 aromatic carbocycles. The number of benzene rings is 1. The molecule has 0 aliphatic carbocycles. The van der Waals surface area contributed by atoms with Crippen LogP contribution in [0.15, 0.2) is 30.5 Å². The molecule has 0 atom stereocenters. The number of aromatic nitrogens is 1. The molecule has 112 valence electrons. The van der Waals surface area contributed by atoms with Crippen molar-refractivity contribution in [1.29, 1.82) is 0 Å². The van der Waals surface area contributed by atoms with Crippen LogP contribution >= 0.6 is 0 Å². The number of para-hydroxylation sites is 1. The number of piperidine rings is 1. The number of nitrogens with one attached hydrogen (secondary N) is 1. The summed E-state index contributed by atoms with van der Waals surface area (Å²) in [6.45, 7) is 0.311. The van der Waals surface area contributed by atoms with Crippen LogP contribution in [0.2, 0.25) is 0 Å². The Kier molecular flexibility index (Phi) is 3.39. The number of alkyl halides is 3. The second-order valence-corrected chi connectivity index (χ2v) is 5.35. The fraction of sp³-hybridized carbons (Fsp3) is 0.400. The van der Waals surface area contributed by atoms with Gasteiger partial charge in [-0.3, -0.25) is 4.79 Å². The third-order valence-corrected chi connectivity index (χ3v) is 4.09. The number of nitrogens with zero attached hydrogens (tertiary/aromatic N) is 1. The average molecular weight is 296 g/mol. The van der Waals surface area contributed by atoms with Crippen molar-refractivity contribution >= 4 is 16.8 Å². The zero-order valence-electron chi connectivity index (χ0n) is 11.3. The van der Waals surface area contributed by atoms with E-state index in [0.29, 0.717) is 12.8 Å². The lowest BCUT2D eigenvalue weighted by Crippen LogP contribution is -2.45. The SMILES string of the molecule is O=C(N1CCC(c2c[nH]c3ccccc23)CC1)C(F)(F)F. The Balaban J connectivity index is 1.73. The van der Waals surface area contributed by atoms with Gasteiger partial charge in [0.25, 0.3) is 0 Å². The van der Waals surface area contributed by atoms with Gasteiger partial charge in [0.15, 0.2) is 0 Å². The van der Waals surface area contributed by atoms with Crippen LogP contribution in [-0.2, 0) is 4.79 Å². The van der Waals surface area contributed by atoms with Gasteiger partial charge < -0.3 is 9.88 Å². The van der Waals surface area contributed by atoms with Gasteiger partial charge in [-0.2, -0.15) is 13.2 Å². The van der Waals surface area contributed by atoms with Crippen molar-refractivity contribution in [3.63, 3.8) is 0 Å². The molecule has 0 saturated carbocycles. The van der Waals surface area contributed by atoms with Gasteiger partial charge in [0.2, 0.25) is 0 Å². The van der Waals surface area contributed by atoms with Gasteiger partial charge in [0.1, 0.15) is 0 Å². The minimum atomic E-state index is -4.77. The maximum atomic E-state index is 12.4. The minimum absolute atomic E-state index is 0.155. The van der Waals surface area contributed by atoms with Crippen molar-refractivity contribution in [2.24, 2.45) is 0 Å². The summed E-state index contributed by atoms with van der Waals surface area (Å²) >= 11 is 0. The van der Waals surface area contributed by atoms with E-state index >= 15 is 0 Å². The number of H-pyrrole nitrogens is 1. The highest BCUT2D eigenvalue weighted by atomic mass is 19.4. The van der Waals surface area contributed by atoms with Crippen molar-refractivity contribution in [1.82, 2.24) is 9.88 Å². The Morgan fingerprint density at radius 3 is 2.52 bits per heavy atom. The zero-order valence-corrected chi connectivity index (χ0v) is 11.3. The lowest BCUT2D eigenvalue weighted by Gasteiger charge is -2.32. The van der Waals surface area contributed by atoms with Crippen LogP contribution in [0.25, 0.3) is 10.9 Å². The van der Waals surface area contributed by atoms with Crippen molar-refractivity contribution in [3.05, 3.63) is 36.0 Å². The van der Waals surface area contributed by atoms with Crippen LogP contribution in [-0.4, -0.2) is 35.1 Å². The standard InChI is InChI=1S/C15H15F3N2O/c16-15(17,18)14(21)20-7-5-10(6-8-20)12-9-19-13-4-2-1-3-11(12)13/h1-4,9-10,19H,5-8H2. The van der Waals surface area contributed by atoms with Crippen LogP contribution in [0.3, 0.4) is 0 Å². The van der Waals surface area contributed by atoms with Gasteiger partial charge in [-0.15, -0.1) is 0 Å². The molecule has 1 saturated heterocycles. The molecule has 1 amide bonds. The molecule has 0 radical (unpaired) electrons. The Bertz CT molecular complexity index is 654. The van der Waals surface area contributed by atoms with Crippen LogP contribution in [0.4, 0.5) is 13.2 Å². The average Bonchev–Trinajstić information content (AvgIpc) is 2.90. The summed E-state index contributed by atoms with van der Waals surface area (Å²) in [5, 5.41) is 1.11. The Hall–Kier alpha value is -1.98. The highest BCUT2D eigenvalue weighted by Gasteiger charge is 2.43. The third-order valence-electron chi connectivity index (χ3n) is 4.09. The first-order valence-electron chi connectivity index (χ1n) is 6.89. The summed E-state index contributed by atoms with van der Waals surface area (Å²) in [7, 11) is 0. The van der Waals surface area contributed by atoms with Crippen LogP contribution < -0.4 is 0 Å². The maximum Gasteiger partial charge on any atom is 0.471 e. The highest BCUT2D eigenvalue weighted by Crippen LogP contribution is 2.34. The van der Waals surface area contributed by atoms with Gasteiger partial charge in [-0.25, -0.2) is 0 Å². The fourth-order valence-electron chi connectivity index (χ4n) is 3.00. The second kappa shape index (κ2) is 5.09. The first-order chi connectivity index (χ1) is 9.97. The molecule has 3 nitrogen and oxygen atoms in total. The minimum Gasteiger partial charge on any atom is -0.361 e. The van der Waals surface area contributed by atoms with Crippen LogP contribution in [0.1, 0.15) is 24.3 Å². The van der Waals surface area contributed by atoms with E-state index in [0.717, 1.165) is 21.4 Å². The molecular formula is C15H15F3N2O. The zero-order chi connectivity index (χ0) is 15.0. The molecule has 1 aromatic heterocycles. The first kappa shape index (κ1) is 14.0. The Morgan fingerprint density at radius 1 is 1.19 bits per heavy atom. The Morgan fingerprint density at radius 2 is 1.86 bits per heavy atom. The quantitative estimate of drug-likeness (QED) is 0.860. The van der Waals surface area contributed by atoms with E-state index in [4.69, 9.17) is 0 Å². The van der Waals surface area contributed by atoms with Crippen molar-refractivity contribution in [2.45, 2.75) is 24.9 Å². The Labute approximate surface area is 119 Å². The van der Waals surface area contributed by atoms with Gasteiger partial charge in [-0.05, 0) is 30.4 Å². The molecule has 0 bridgehead atoms. The number of likely N-dealkylation sites (tertiary alicyclic amines) is 1. The van der Waals surface area contributed by atoms with Crippen molar-refractivity contribution in [2.75, 3.05) is 13.1 Å². The maximum absolute atomic E-state index is 12.4. The molecular weight excluding hydrogens is 281 g/mol. The van der Waals surface area contributed by atoms with E-state index in [1.54, 1.807) is 0 Å². The van der Waals surface area contributed by atoms with Crippen molar-refractivity contribution in [3.8, 4) is 0 Å². The molecule has 2 heterocycles. The third kappa shape index (κ3) is 2.62. The smallest absolute Gasteiger partial charge is 0.361 e. The summed E-state index contributed by atoms with van der Waals surface area (Å²) in [5.41, 5.74) is 2.16. The molecule has 3 rings (SSSR count). The number of carbonyl (C=O) groups excluding carboxylic acids is 1. The van der Waals surface area contributed by atoms with Gasteiger partial charge in [-0.1, -0.05) is 18.2 Å². The normalized spacial score (nSPS) is 17.4. The number of hydrogen-bond donors (Lipinski definition) is 1. The summed E-state index contributed by atoms with van der Waals surface area (Å²) in [6.07, 6.45) is -1.72. The molecule has 21 heavy (non-hydrogen) atoms. The van der Waals surface area contributed by atoms with E-state index in [1.807, 2.05) is 30.5 Å². The lowest BCUT2D eigenvalue weighted by atomic mass is 9.89. The molecule has 6 heteroatoms. The first-order valence-corrected chi connectivity index (χ1v) is 6.89. The van der Waals surface area contributed by atoms with Gasteiger partial charge in [0, 0.05) is 30.2 Å². The number of amides is 1. The largest absolute Gasteiger partial charge is 0.471 e. The molecule has 0 spiro atoms. The van der Waals surface area contributed by atoms with E-state index in [1.165, 1.54) is 0 Å². The molecule has 2 aromatic rings. The number of hydrogen-bond acceptors (Lipinski definition) is 1. The number of rotatable bonds is 1. The molecule has 1 aliphatic heterocycles. The number of aromatic amines is 1. The molecule has 1 aliphatic rings. The number of halogens is 3. The topological polar surface area (TPSA) is 36.1 Å². The molecule has 0 unspecified atom stereocenters. The van der Waals surface area contributed by atoms with E-state index in [2.05, 4.69) is 4.98 Å². The van der Waals surface area contributed by atoms with Gasteiger partial charge >= 0.3 is 12.1 Å². The highest BCUT2D eigenvalue weighted by molar-refractivity contribution is 5.84. The summed E-state index contributed by atoms with van der Waals surface area (Å²) in [6, 6.07) is 7.87. The lowest BCUT2D eigenvalue weighted by molar-refractivity contribution is -0.186. The van der Waals surface area contributed by atoms with Crippen LogP contribution in [0, 0.1) is 0 Å². The second-order valence-electron chi connectivity index (χ2n) is 5.35. The summed E-state index contributed by atoms with van der Waals surface area (Å²) < 4.78 is 37.2. The van der Waals surface area contributed by atoms with E-state index in [9.17, 15) is 18.0 Å².